The number of urea groups is 1. The van der Waals surface area contributed by atoms with Crippen molar-refractivity contribution in [2.45, 2.75) is 88.6 Å². The minimum absolute atomic E-state index is 0.0439. The number of rotatable bonds is 9. The molecule has 1 atom stereocenters. The molecular weight excluding hydrogens is 526 g/mol. The van der Waals surface area contributed by atoms with Gasteiger partial charge in [0.15, 0.2) is 0 Å². The van der Waals surface area contributed by atoms with Gasteiger partial charge in [-0.15, -0.1) is 0 Å². The minimum atomic E-state index is -0.599. The molecule has 0 unspecified atom stereocenters. The van der Waals surface area contributed by atoms with Crippen LogP contribution in [-0.4, -0.2) is 58.1 Å². The summed E-state index contributed by atoms with van der Waals surface area (Å²) >= 11 is 0. The Labute approximate surface area is 239 Å². The molecule has 11 nitrogen and oxygen atoms in total. The highest BCUT2D eigenvalue weighted by Gasteiger charge is 2.44. The molecule has 2 saturated carbocycles. The highest BCUT2D eigenvalue weighted by atomic mass is 16.5. The molecule has 2 heterocycles. The van der Waals surface area contributed by atoms with Crippen LogP contribution in [0.25, 0.3) is 0 Å². The summed E-state index contributed by atoms with van der Waals surface area (Å²) in [6, 6.07) is 11.8. The van der Waals surface area contributed by atoms with Crippen molar-refractivity contribution in [1.29, 1.82) is 0 Å². The molecule has 0 spiro atoms. The Morgan fingerprint density at radius 2 is 1.71 bits per heavy atom. The van der Waals surface area contributed by atoms with Gasteiger partial charge in [0.05, 0.1) is 0 Å². The number of primary amides is 1. The number of nitrogens with zero attached hydrogens (tertiary/aromatic N) is 2. The molecule has 3 fully saturated rings. The number of ether oxygens (including phenoxy) is 2. The Morgan fingerprint density at radius 1 is 0.976 bits per heavy atom. The summed E-state index contributed by atoms with van der Waals surface area (Å²) in [6.07, 6.45) is 7.40. The van der Waals surface area contributed by atoms with Gasteiger partial charge in [0.2, 0.25) is 5.88 Å². The van der Waals surface area contributed by atoms with E-state index in [1.54, 1.807) is 18.3 Å². The van der Waals surface area contributed by atoms with Crippen molar-refractivity contribution in [2.75, 3.05) is 0 Å². The molecule has 2 aliphatic carbocycles. The van der Waals surface area contributed by atoms with Crippen molar-refractivity contribution in [3.63, 3.8) is 0 Å². The van der Waals surface area contributed by atoms with Gasteiger partial charge in [-0.2, -0.15) is 0 Å². The third-order valence-electron chi connectivity index (χ3n) is 8.33. The summed E-state index contributed by atoms with van der Waals surface area (Å²) in [7, 11) is 0. The quantitative estimate of drug-likeness (QED) is 0.394. The first kappa shape index (κ1) is 28.4. The van der Waals surface area contributed by atoms with Crippen LogP contribution >= 0.6 is 0 Å². The van der Waals surface area contributed by atoms with Gasteiger partial charge in [-0.1, -0.05) is 30.3 Å². The van der Waals surface area contributed by atoms with E-state index in [0.29, 0.717) is 38.0 Å². The van der Waals surface area contributed by atoms with Crippen LogP contribution in [0.4, 0.5) is 9.59 Å². The zero-order valence-corrected chi connectivity index (χ0v) is 23.0. The second-order valence-corrected chi connectivity index (χ2v) is 11.1. The molecule has 5 amide bonds. The van der Waals surface area contributed by atoms with E-state index in [0.717, 1.165) is 31.2 Å². The molecule has 4 N–H and O–H groups in total. The summed E-state index contributed by atoms with van der Waals surface area (Å²) in [4.78, 5) is 55.5. The van der Waals surface area contributed by atoms with Crippen molar-refractivity contribution in [3.05, 3.63) is 59.8 Å². The number of carbonyl (C=O) groups excluding carboxylic acids is 4. The number of alkyl carbamates (subject to hydrolysis) is 1. The lowest BCUT2D eigenvalue weighted by Gasteiger charge is -2.33. The molecular formula is C30H37N5O6. The highest BCUT2D eigenvalue weighted by molar-refractivity contribution is 6.04. The number of aromatic nitrogens is 1. The molecule has 1 aliphatic heterocycles. The number of benzene rings is 1. The molecule has 11 heteroatoms. The van der Waals surface area contributed by atoms with Crippen LogP contribution in [0.1, 0.15) is 73.7 Å². The number of pyridine rings is 1. The van der Waals surface area contributed by atoms with Crippen molar-refractivity contribution in [3.8, 4) is 5.88 Å². The second-order valence-electron chi connectivity index (χ2n) is 11.1. The van der Waals surface area contributed by atoms with Gasteiger partial charge in [-0.25, -0.2) is 14.6 Å². The zero-order chi connectivity index (χ0) is 28.8. The number of imide groups is 1. The Balaban J connectivity index is 1.04. The third kappa shape index (κ3) is 7.14. The van der Waals surface area contributed by atoms with Crippen LogP contribution in [0.5, 0.6) is 5.88 Å². The monoisotopic (exact) mass is 563 g/mol. The van der Waals surface area contributed by atoms with Crippen LogP contribution in [0.2, 0.25) is 0 Å². The average molecular weight is 564 g/mol. The van der Waals surface area contributed by atoms with Crippen LogP contribution in [0, 0.1) is 5.92 Å². The molecule has 5 rings (SSSR count). The molecule has 218 valence electrons. The van der Waals surface area contributed by atoms with E-state index in [1.807, 2.05) is 30.3 Å². The van der Waals surface area contributed by atoms with Gasteiger partial charge in [-0.3, -0.25) is 14.5 Å². The molecule has 41 heavy (non-hydrogen) atoms. The van der Waals surface area contributed by atoms with E-state index < -0.39 is 18.0 Å². The summed E-state index contributed by atoms with van der Waals surface area (Å²) in [6.45, 7) is 0.233. The third-order valence-corrected chi connectivity index (χ3v) is 8.33. The smallest absolute Gasteiger partial charge is 0.407 e. The fraction of sp³-hybridized carbons (Fsp3) is 0.500. The topological polar surface area (TPSA) is 153 Å². The van der Waals surface area contributed by atoms with E-state index >= 15 is 0 Å². The number of hydrogen-bond donors (Lipinski definition) is 3. The average Bonchev–Trinajstić information content (AvgIpc) is 3.26. The van der Waals surface area contributed by atoms with Crippen molar-refractivity contribution >= 4 is 23.9 Å². The van der Waals surface area contributed by atoms with Gasteiger partial charge in [-0.05, 0) is 81.4 Å². The summed E-state index contributed by atoms with van der Waals surface area (Å²) < 4.78 is 11.3. The van der Waals surface area contributed by atoms with Gasteiger partial charge in [0.1, 0.15) is 24.3 Å². The maximum Gasteiger partial charge on any atom is 0.407 e. The van der Waals surface area contributed by atoms with E-state index in [1.165, 1.54) is 4.90 Å². The van der Waals surface area contributed by atoms with E-state index in [4.69, 9.17) is 15.2 Å². The Hall–Kier alpha value is -4.15. The number of amides is 5. The SMILES string of the molecule is NC(=O)c1cccnc1OC1CCC(N2C(=O)N[C@@H](CC3CCC(NC(=O)OCc4ccccc4)CC3)C2=O)CC1. The Bertz CT molecular complexity index is 1240. The van der Waals surface area contributed by atoms with Crippen molar-refractivity contribution < 1.29 is 28.7 Å². The first-order chi connectivity index (χ1) is 19.9. The maximum atomic E-state index is 13.3. The van der Waals surface area contributed by atoms with Crippen LogP contribution in [0.15, 0.2) is 48.7 Å². The lowest BCUT2D eigenvalue weighted by Crippen LogP contribution is -2.44. The number of carbonyl (C=O) groups is 4. The molecule has 1 aromatic carbocycles. The van der Waals surface area contributed by atoms with Crippen LogP contribution in [0.3, 0.4) is 0 Å². The predicted molar refractivity (Wildman–Crippen MR) is 149 cm³/mol. The molecule has 0 radical (unpaired) electrons. The van der Waals surface area contributed by atoms with Crippen molar-refractivity contribution in [1.82, 2.24) is 20.5 Å². The number of nitrogens with one attached hydrogen (secondary N) is 2. The van der Waals surface area contributed by atoms with E-state index in [9.17, 15) is 19.2 Å². The molecule has 1 aromatic heterocycles. The van der Waals surface area contributed by atoms with Crippen molar-refractivity contribution in [2.24, 2.45) is 11.7 Å². The van der Waals surface area contributed by atoms with Gasteiger partial charge in [0.25, 0.3) is 11.8 Å². The molecule has 1 saturated heterocycles. The fourth-order valence-corrected chi connectivity index (χ4v) is 6.11. The van der Waals surface area contributed by atoms with Crippen LogP contribution in [-0.2, 0) is 16.1 Å². The maximum absolute atomic E-state index is 13.3. The van der Waals surface area contributed by atoms with E-state index in [-0.39, 0.29) is 48.2 Å². The normalized spacial score (nSPS) is 26.2. The first-order valence-electron chi connectivity index (χ1n) is 14.4. The second kappa shape index (κ2) is 13.0. The van der Waals surface area contributed by atoms with Gasteiger partial charge in [0, 0.05) is 18.3 Å². The standard InChI is InChI=1S/C30H37N5O6/c31-26(36)24-7-4-16-32-27(24)41-23-14-12-22(13-15-23)35-28(37)25(34-29(35)38)17-19-8-10-21(11-9-19)33-30(39)40-18-20-5-2-1-3-6-20/h1-7,16,19,21-23,25H,8-15,17-18H2,(H2,31,36)(H,33,39)(H,34,38)/t19?,21?,22?,23?,25-/m0/s1. The van der Waals surface area contributed by atoms with Gasteiger partial charge < -0.3 is 25.8 Å². The van der Waals surface area contributed by atoms with E-state index in [2.05, 4.69) is 15.6 Å². The molecule has 2 aromatic rings. The predicted octanol–water partition coefficient (Wildman–Crippen LogP) is 3.67. The van der Waals surface area contributed by atoms with Crippen LogP contribution < -0.4 is 21.1 Å². The lowest BCUT2D eigenvalue weighted by molar-refractivity contribution is -0.130. The summed E-state index contributed by atoms with van der Waals surface area (Å²) in [5, 5.41) is 5.85. The Morgan fingerprint density at radius 3 is 2.41 bits per heavy atom. The Kier molecular flexibility index (Phi) is 9.01. The number of nitrogens with two attached hydrogens (primary N) is 1. The number of hydrogen-bond acceptors (Lipinski definition) is 7. The summed E-state index contributed by atoms with van der Waals surface area (Å²) in [5.41, 5.74) is 6.59. The molecule has 0 bridgehead atoms. The summed E-state index contributed by atoms with van der Waals surface area (Å²) in [5.74, 6) is -0.250. The fourth-order valence-electron chi connectivity index (χ4n) is 6.11. The lowest BCUT2D eigenvalue weighted by atomic mass is 9.82. The minimum Gasteiger partial charge on any atom is -0.474 e. The van der Waals surface area contributed by atoms with Gasteiger partial charge >= 0.3 is 12.1 Å². The highest BCUT2D eigenvalue weighted by Crippen LogP contribution is 2.32. The zero-order valence-electron chi connectivity index (χ0n) is 23.0. The molecule has 3 aliphatic rings. The largest absolute Gasteiger partial charge is 0.474 e. The first-order valence-corrected chi connectivity index (χ1v) is 14.4.